The van der Waals surface area contributed by atoms with Crippen molar-refractivity contribution < 1.29 is 15.0 Å². The van der Waals surface area contributed by atoms with Gasteiger partial charge in [-0.2, -0.15) is 0 Å². The molecule has 156 valence electrons. The van der Waals surface area contributed by atoms with E-state index in [0.717, 1.165) is 35.4 Å². The van der Waals surface area contributed by atoms with Crippen LogP contribution < -0.4 is 4.90 Å². The molecule has 7 nitrogen and oxygen atoms in total. The van der Waals surface area contributed by atoms with Crippen molar-refractivity contribution in [3.8, 4) is 17.1 Å². The summed E-state index contributed by atoms with van der Waals surface area (Å²) in [6, 6.07) is 13.2. The van der Waals surface area contributed by atoms with Crippen LogP contribution in [-0.2, 0) is 4.79 Å². The summed E-state index contributed by atoms with van der Waals surface area (Å²) in [5.41, 5.74) is 1.21. The topological polar surface area (TPSA) is 89.8 Å². The van der Waals surface area contributed by atoms with Crippen LogP contribution in [0.15, 0.2) is 42.5 Å². The minimum atomic E-state index is -1.33. The number of nitrogens with zero attached hydrogens (tertiary/aromatic N) is 4. The highest BCUT2D eigenvalue weighted by Crippen LogP contribution is 2.32. The van der Waals surface area contributed by atoms with Gasteiger partial charge in [0.1, 0.15) is 17.2 Å². The molecule has 1 unspecified atom stereocenters. The molecule has 0 spiro atoms. The van der Waals surface area contributed by atoms with Crippen molar-refractivity contribution >= 4 is 23.0 Å². The molecule has 0 bridgehead atoms. The number of para-hydroxylation sites is 1. The Labute approximate surface area is 175 Å². The Morgan fingerprint density at radius 2 is 1.83 bits per heavy atom. The van der Waals surface area contributed by atoms with Gasteiger partial charge in [-0.15, -0.1) is 0 Å². The Balaban J connectivity index is 1.69. The van der Waals surface area contributed by atoms with E-state index in [9.17, 15) is 15.0 Å². The molecule has 4 rings (SSSR count). The van der Waals surface area contributed by atoms with Crippen molar-refractivity contribution in [2.45, 2.75) is 19.4 Å². The zero-order valence-electron chi connectivity index (χ0n) is 17.2. The molecule has 2 aromatic carbocycles. The van der Waals surface area contributed by atoms with E-state index in [1.165, 1.54) is 6.92 Å². The molecule has 1 fully saturated rings. The molecule has 0 amide bonds. The van der Waals surface area contributed by atoms with Gasteiger partial charge < -0.3 is 19.9 Å². The van der Waals surface area contributed by atoms with E-state index >= 15 is 0 Å². The average Bonchev–Trinajstić information content (AvgIpc) is 2.73. The second-order valence-electron chi connectivity index (χ2n) is 8.15. The number of carbonyl (C=O) groups is 1. The zero-order valence-corrected chi connectivity index (χ0v) is 17.2. The third-order valence-electron chi connectivity index (χ3n) is 5.45. The minimum Gasteiger partial charge on any atom is -0.507 e. The van der Waals surface area contributed by atoms with E-state index in [-0.39, 0.29) is 5.75 Å². The molecule has 30 heavy (non-hydrogen) atoms. The molecule has 2 N–H and O–H groups in total. The second kappa shape index (κ2) is 8.01. The lowest BCUT2D eigenvalue weighted by molar-refractivity contribution is -0.124. The molecule has 1 aromatic heterocycles. The molecule has 7 heteroatoms. The number of hydrogen-bond donors (Lipinski definition) is 2. The molecule has 1 aliphatic heterocycles. The number of β-amino-alcohol motifs (C(OH)–C–C–N with tert-alkyl or cyclic N) is 1. The summed E-state index contributed by atoms with van der Waals surface area (Å²) in [6.07, 6.45) is 0.595. The lowest BCUT2D eigenvalue weighted by atomic mass is 10.1. The van der Waals surface area contributed by atoms with Gasteiger partial charge in [-0.25, -0.2) is 9.97 Å². The fourth-order valence-corrected chi connectivity index (χ4v) is 3.85. The molecule has 0 saturated carbocycles. The van der Waals surface area contributed by atoms with E-state index in [1.807, 2.05) is 37.3 Å². The highest BCUT2D eigenvalue weighted by atomic mass is 16.3. The number of carbonyl (C=O) groups excluding carboxylic acids is 1. The lowest BCUT2D eigenvalue weighted by Gasteiger charge is -2.37. The fraction of sp³-hybridized carbons (Fsp3) is 0.348. The number of anilines is 1. The zero-order chi connectivity index (χ0) is 21.3. The summed E-state index contributed by atoms with van der Waals surface area (Å²) < 4.78 is 0. The first kappa shape index (κ1) is 20.3. The van der Waals surface area contributed by atoms with Crippen molar-refractivity contribution in [1.29, 1.82) is 0 Å². The predicted molar refractivity (Wildman–Crippen MR) is 117 cm³/mol. The molecule has 1 atom stereocenters. The summed E-state index contributed by atoms with van der Waals surface area (Å²) in [5.74, 6) is 1.48. The maximum atomic E-state index is 11.0. The van der Waals surface area contributed by atoms with Crippen LogP contribution in [0.1, 0.15) is 12.5 Å². The Morgan fingerprint density at radius 3 is 2.53 bits per heavy atom. The molecular weight excluding hydrogens is 380 g/mol. The molecule has 2 heterocycles. The number of aromatic nitrogens is 2. The van der Waals surface area contributed by atoms with Gasteiger partial charge in [0.25, 0.3) is 0 Å². The maximum Gasteiger partial charge on any atom is 0.165 e. The Hall–Kier alpha value is -3.03. The monoisotopic (exact) mass is 406 g/mol. The number of hydrogen-bond acceptors (Lipinski definition) is 7. The first-order valence-electron chi connectivity index (χ1n) is 10.1. The van der Waals surface area contributed by atoms with Crippen LogP contribution in [0.2, 0.25) is 0 Å². The molecular formula is C23H26N4O3. The highest BCUT2D eigenvalue weighted by molar-refractivity contribution is 5.92. The van der Waals surface area contributed by atoms with Crippen LogP contribution in [0.3, 0.4) is 0 Å². The van der Waals surface area contributed by atoms with Gasteiger partial charge in [-0.1, -0.05) is 18.2 Å². The lowest BCUT2D eigenvalue weighted by Crippen LogP contribution is -2.52. The van der Waals surface area contributed by atoms with E-state index in [4.69, 9.17) is 9.97 Å². The number of aryl methyl sites for hydroxylation is 1. The molecule has 3 aromatic rings. The van der Waals surface area contributed by atoms with Gasteiger partial charge in [0.15, 0.2) is 12.1 Å². The van der Waals surface area contributed by atoms with Crippen molar-refractivity contribution in [2.24, 2.45) is 0 Å². The van der Waals surface area contributed by atoms with Gasteiger partial charge in [-0.05, 0) is 43.7 Å². The van der Waals surface area contributed by atoms with Gasteiger partial charge >= 0.3 is 0 Å². The van der Waals surface area contributed by atoms with Crippen LogP contribution >= 0.6 is 0 Å². The maximum absolute atomic E-state index is 11.0. The molecule has 0 radical (unpaired) electrons. The number of aldehydes is 1. The number of fused-ring (bicyclic) bond motifs is 1. The number of aliphatic hydroxyl groups is 1. The van der Waals surface area contributed by atoms with E-state index in [2.05, 4.69) is 9.80 Å². The molecule has 1 saturated heterocycles. The Kier molecular flexibility index (Phi) is 5.40. The summed E-state index contributed by atoms with van der Waals surface area (Å²) in [5, 5.41) is 21.3. The Bertz CT molecular complexity index is 1080. The van der Waals surface area contributed by atoms with Gasteiger partial charge in [0.05, 0.1) is 11.1 Å². The normalized spacial score (nSPS) is 17.1. The third-order valence-corrected chi connectivity index (χ3v) is 5.45. The quantitative estimate of drug-likeness (QED) is 0.629. The highest BCUT2D eigenvalue weighted by Gasteiger charge is 2.27. The smallest absolute Gasteiger partial charge is 0.165 e. The van der Waals surface area contributed by atoms with Crippen molar-refractivity contribution in [2.75, 3.05) is 37.6 Å². The minimum absolute atomic E-state index is 0.149. The van der Waals surface area contributed by atoms with Crippen molar-refractivity contribution in [3.63, 3.8) is 0 Å². The number of phenolic OH excluding ortho intramolecular Hbond substituents is 1. The van der Waals surface area contributed by atoms with E-state index in [1.54, 1.807) is 12.1 Å². The van der Waals surface area contributed by atoms with Crippen LogP contribution in [-0.4, -0.2) is 69.7 Å². The summed E-state index contributed by atoms with van der Waals surface area (Å²) in [7, 11) is 0. The van der Waals surface area contributed by atoms with E-state index in [0.29, 0.717) is 37.3 Å². The van der Waals surface area contributed by atoms with Crippen LogP contribution in [0.4, 0.5) is 5.82 Å². The average molecular weight is 406 g/mol. The number of benzene rings is 2. The van der Waals surface area contributed by atoms with Crippen molar-refractivity contribution in [3.05, 3.63) is 48.0 Å². The predicted octanol–water partition coefficient (Wildman–Crippen LogP) is 2.38. The van der Waals surface area contributed by atoms with Gasteiger partial charge in [0.2, 0.25) is 0 Å². The SMILES string of the molecule is Cc1ccc2c(N3CCN(CC(C)(O)C=O)CC3)nc(-c3ccccc3O)nc2c1. The summed E-state index contributed by atoms with van der Waals surface area (Å²) in [4.78, 5) is 24.9. The van der Waals surface area contributed by atoms with Crippen LogP contribution in [0, 0.1) is 6.92 Å². The second-order valence-corrected chi connectivity index (χ2v) is 8.15. The summed E-state index contributed by atoms with van der Waals surface area (Å²) in [6.45, 7) is 6.74. The van der Waals surface area contributed by atoms with E-state index < -0.39 is 5.60 Å². The standard InChI is InChI=1S/C23H26N4O3/c1-16-7-8-17-19(13-16)24-21(18-5-3-4-6-20(18)29)25-22(17)27-11-9-26(10-12-27)14-23(2,30)15-28/h3-8,13,15,29-30H,9-12,14H2,1-2H3. The summed E-state index contributed by atoms with van der Waals surface area (Å²) >= 11 is 0. The number of piperazine rings is 1. The first-order valence-corrected chi connectivity index (χ1v) is 10.1. The largest absolute Gasteiger partial charge is 0.507 e. The Morgan fingerprint density at radius 1 is 1.10 bits per heavy atom. The van der Waals surface area contributed by atoms with Crippen LogP contribution in [0.5, 0.6) is 5.75 Å². The number of rotatable bonds is 5. The molecule has 0 aliphatic carbocycles. The van der Waals surface area contributed by atoms with Gasteiger partial charge in [-0.3, -0.25) is 4.90 Å². The number of phenols is 1. The molecule has 1 aliphatic rings. The third kappa shape index (κ3) is 4.13. The van der Waals surface area contributed by atoms with Gasteiger partial charge in [0, 0.05) is 38.1 Å². The fourth-order valence-electron chi connectivity index (χ4n) is 3.85. The van der Waals surface area contributed by atoms with Crippen LogP contribution in [0.25, 0.3) is 22.3 Å². The number of aromatic hydroxyl groups is 1. The van der Waals surface area contributed by atoms with Crippen molar-refractivity contribution in [1.82, 2.24) is 14.9 Å². The first-order chi connectivity index (χ1) is 14.4.